The summed E-state index contributed by atoms with van der Waals surface area (Å²) >= 11 is 0. The van der Waals surface area contributed by atoms with E-state index >= 15 is 0 Å². The van der Waals surface area contributed by atoms with Crippen LogP contribution in [0.5, 0.6) is 0 Å². The van der Waals surface area contributed by atoms with Crippen LogP contribution < -0.4 is 0 Å². The van der Waals surface area contributed by atoms with E-state index in [1.165, 1.54) is 6.92 Å². The molecule has 0 aromatic heterocycles. The monoisotopic (exact) mass is 804 g/mol. The average Bonchev–Trinajstić information content (AvgIpc) is 3.56. The van der Waals surface area contributed by atoms with Crippen LogP contribution in [0.25, 0.3) is 0 Å². The number of carbonyl (C=O) groups is 1. The van der Waals surface area contributed by atoms with E-state index in [2.05, 4.69) is 26.5 Å². The Labute approximate surface area is 337 Å². The molecule has 13 nitrogen and oxygen atoms in total. The number of aliphatic carboxylic acids is 1. The van der Waals surface area contributed by atoms with Crippen molar-refractivity contribution in [3.8, 4) is 0 Å². The molecule has 5 N–H and O–H groups in total. The van der Waals surface area contributed by atoms with Crippen molar-refractivity contribution in [3.05, 3.63) is 36.0 Å². The van der Waals surface area contributed by atoms with Gasteiger partial charge in [0.05, 0.1) is 43.2 Å². The van der Waals surface area contributed by atoms with Crippen LogP contribution in [0.2, 0.25) is 0 Å². The third-order valence-electron chi connectivity index (χ3n) is 14.0. The van der Waals surface area contributed by atoms with Crippen LogP contribution in [0.4, 0.5) is 0 Å². The number of carboxylic acid groups (broad SMARTS) is 1. The van der Waals surface area contributed by atoms with Gasteiger partial charge in [0.15, 0.2) is 17.2 Å². The zero-order chi connectivity index (χ0) is 40.9. The Bertz CT molecular complexity index is 1510. The molecule has 0 saturated carbocycles. The Morgan fingerprint density at radius 1 is 1.00 bits per heavy atom. The van der Waals surface area contributed by atoms with Gasteiger partial charge in [-0.25, -0.2) is 4.79 Å². The van der Waals surface area contributed by atoms with Crippen LogP contribution in [0.3, 0.4) is 0 Å². The van der Waals surface area contributed by atoms with Crippen LogP contribution >= 0.6 is 0 Å². The fourth-order valence-electron chi connectivity index (χ4n) is 10.5. The van der Waals surface area contributed by atoms with Crippen molar-refractivity contribution in [2.75, 3.05) is 6.61 Å². The molecule has 7 rings (SSSR count). The van der Waals surface area contributed by atoms with Gasteiger partial charge in [0.1, 0.15) is 24.4 Å². The number of hydrogen-bond donors (Lipinski definition) is 5. The van der Waals surface area contributed by atoms with E-state index in [0.29, 0.717) is 56.4 Å². The van der Waals surface area contributed by atoms with Crippen LogP contribution in [-0.2, 0) is 38.0 Å². The summed E-state index contributed by atoms with van der Waals surface area (Å²) in [7, 11) is 0. The SMILES string of the molecule is C=C1[C@@H](O)[C@@H]2O[C@]3(CC[C@H](/C=C/[C@@H](C)[C@@H]4CC(C)=C[C@@]5(O[C@H](C[C@@](C)(O)C(=O)O)CCC5O)O4)O3)CC[C@H]2O[C@@H]1[C@@H](O)C[C@H](C)[C@H]1O[C@@]2(CCCCO2)CC[C@H]1C. The van der Waals surface area contributed by atoms with Gasteiger partial charge >= 0.3 is 5.97 Å². The van der Waals surface area contributed by atoms with E-state index in [-0.39, 0.29) is 36.6 Å². The second-order valence-corrected chi connectivity index (χ2v) is 18.9. The maximum absolute atomic E-state index is 11.6. The predicted octanol–water partition coefficient (Wildman–Crippen LogP) is 5.21. The molecule has 6 saturated heterocycles. The molecule has 0 aromatic rings. The number of aliphatic hydroxyl groups excluding tert-OH is 3. The smallest absolute Gasteiger partial charge is 0.335 e. The van der Waals surface area contributed by atoms with E-state index in [0.717, 1.165) is 50.7 Å². The molecule has 1 unspecified atom stereocenters. The highest BCUT2D eigenvalue weighted by molar-refractivity contribution is 5.76. The highest BCUT2D eigenvalue weighted by Crippen LogP contribution is 2.47. The van der Waals surface area contributed by atoms with Crippen LogP contribution in [0.15, 0.2) is 36.0 Å². The normalized spacial score (nSPS) is 45.4. The Morgan fingerprint density at radius 2 is 1.75 bits per heavy atom. The van der Waals surface area contributed by atoms with Crippen molar-refractivity contribution in [1.82, 2.24) is 0 Å². The van der Waals surface area contributed by atoms with E-state index in [1.807, 2.05) is 19.9 Å². The molecule has 3 spiro atoms. The number of aliphatic hydroxyl groups is 4. The topological polar surface area (TPSA) is 183 Å². The summed E-state index contributed by atoms with van der Waals surface area (Å²) in [6.45, 7) is 14.5. The summed E-state index contributed by atoms with van der Waals surface area (Å²) in [5, 5.41) is 54.0. The zero-order valence-electron chi connectivity index (χ0n) is 34.6. The Hall–Kier alpha value is -1.75. The second-order valence-electron chi connectivity index (χ2n) is 18.9. The molecule has 0 radical (unpaired) electrons. The van der Waals surface area contributed by atoms with E-state index in [1.54, 1.807) is 6.08 Å². The van der Waals surface area contributed by atoms with Gasteiger partial charge < -0.3 is 58.7 Å². The van der Waals surface area contributed by atoms with Crippen molar-refractivity contribution >= 4 is 5.97 Å². The summed E-state index contributed by atoms with van der Waals surface area (Å²) in [6, 6.07) is 0. The highest BCUT2D eigenvalue weighted by atomic mass is 16.7. The lowest BCUT2D eigenvalue weighted by Gasteiger charge is -2.50. The van der Waals surface area contributed by atoms with Crippen molar-refractivity contribution in [1.29, 1.82) is 0 Å². The van der Waals surface area contributed by atoms with E-state index < -0.39 is 71.7 Å². The summed E-state index contributed by atoms with van der Waals surface area (Å²) in [4.78, 5) is 11.6. The number of rotatable bonds is 10. The molecule has 0 aromatic carbocycles. The van der Waals surface area contributed by atoms with Gasteiger partial charge in [0.25, 0.3) is 0 Å². The lowest BCUT2D eigenvalue weighted by molar-refractivity contribution is -0.321. The molecule has 57 heavy (non-hydrogen) atoms. The first kappa shape index (κ1) is 43.3. The molecule has 7 heterocycles. The first-order valence-corrected chi connectivity index (χ1v) is 21.7. The van der Waals surface area contributed by atoms with Crippen molar-refractivity contribution in [2.24, 2.45) is 17.8 Å². The number of hydrogen-bond acceptors (Lipinski definition) is 12. The van der Waals surface area contributed by atoms with Crippen LogP contribution in [0.1, 0.15) is 125 Å². The first-order chi connectivity index (χ1) is 26.9. The lowest BCUT2D eigenvalue weighted by atomic mass is 9.79. The number of carboxylic acids is 1. The molecule has 7 aliphatic heterocycles. The number of ether oxygens (including phenoxy) is 7. The van der Waals surface area contributed by atoms with Gasteiger partial charge in [-0.1, -0.05) is 45.1 Å². The largest absolute Gasteiger partial charge is 0.479 e. The molecule has 322 valence electrons. The van der Waals surface area contributed by atoms with Gasteiger partial charge in [-0.15, -0.1) is 0 Å². The highest BCUT2D eigenvalue weighted by Gasteiger charge is 2.55. The molecule has 0 amide bonds. The third kappa shape index (κ3) is 9.15. The first-order valence-electron chi connectivity index (χ1n) is 21.7. The van der Waals surface area contributed by atoms with E-state index in [4.69, 9.17) is 33.2 Å². The zero-order valence-corrected chi connectivity index (χ0v) is 34.6. The molecule has 17 atom stereocenters. The van der Waals surface area contributed by atoms with Gasteiger partial charge in [-0.2, -0.15) is 0 Å². The van der Waals surface area contributed by atoms with Crippen molar-refractivity contribution in [3.63, 3.8) is 0 Å². The molecule has 0 bridgehead atoms. The van der Waals surface area contributed by atoms with Gasteiger partial charge in [0, 0.05) is 38.0 Å². The average molecular weight is 805 g/mol. The summed E-state index contributed by atoms with van der Waals surface area (Å²) in [6.07, 6.45) is 9.37. The van der Waals surface area contributed by atoms with Crippen LogP contribution in [-0.4, -0.2) is 122 Å². The molecule has 0 aliphatic carbocycles. The Balaban J connectivity index is 0.920. The fourth-order valence-corrected chi connectivity index (χ4v) is 10.5. The quantitative estimate of drug-likeness (QED) is 0.182. The maximum Gasteiger partial charge on any atom is 0.335 e. The fraction of sp³-hybridized carbons (Fsp3) is 0.841. The van der Waals surface area contributed by atoms with Crippen molar-refractivity contribution < 1.29 is 63.5 Å². The summed E-state index contributed by atoms with van der Waals surface area (Å²) in [5.41, 5.74) is -0.551. The maximum atomic E-state index is 11.6. The van der Waals surface area contributed by atoms with Crippen LogP contribution in [0, 0.1) is 17.8 Å². The molecule has 7 aliphatic rings. The molecular formula is C44H68O13. The minimum Gasteiger partial charge on any atom is -0.479 e. The molecule has 6 fully saturated rings. The minimum atomic E-state index is -1.96. The van der Waals surface area contributed by atoms with Gasteiger partial charge in [-0.3, -0.25) is 0 Å². The molecular weight excluding hydrogens is 736 g/mol. The summed E-state index contributed by atoms with van der Waals surface area (Å²) in [5.74, 6) is -3.82. The molecule has 13 heteroatoms. The third-order valence-corrected chi connectivity index (χ3v) is 14.0. The Kier molecular flexibility index (Phi) is 12.9. The van der Waals surface area contributed by atoms with Gasteiger partial charge in [-0.05, 0) is 95.1 Å². The Morgan fingerprint density at radius 3 is 2.49 bits per heavy atom. The number of fused-ring (bicyclic) bond motifs is 1. The predicted molar refractivity (Wildman–Crippen MR) is 208 cm³/mol. The van der Waals surface area contributed by atoms with Gasteiger partial charge in [0.2, 0.25) is 5.79 Å². The standard InChI is InChI=1S/C44H68O13/c1-25-21-34(55-44(23-25)35(46)12-11-31(54-44)24-41(6,50)40(48)49)26(2)9-10-30-14-18-43(53-30)19-15-33-39(57-43)36(47)29(5)38(52-33)32(45)22-28(4)37-27(3)13-17-42(56-37)16-7-8-20-51-42/h9-10,23,26-28,30-39,45-47,50H,5,7-8,11-22,24H2,1-4,6H3,(H,48,49)/b10-9+/t26-,27-,28+,30+,31+,32+,33-,34+,35?,36-,37+,38+,39-,41-,42+,43-,44-/m1/s1. The minimum absolute atomic E-state index is 0.0423. The second kappa shape index (κ2) is 17.0. The van der Waals surface area contributed by atoms with E-state index in [9.17, 15) is 30.3 Å². The summed E-state index contributed by atoms with van der Waals surface area (Å²) < 4.78 is 45.2. The lowest BCUT2D eigenvalue weighted by Crippen LogP contribution is -2.60. The van der Waals surface area contributed by atoms with Crippen molar-refractivity contribution in [2.45, 2.75) is 209 Å².